The first kappa shape index (κ1) is 25.6. The Morgan fingerprint density at radius 2 is 1.53 bits per heavy atom. The van der Waals surface area contributed by atoms with Gasteiger partial charge in [0.05, 0.1) is 18.2 Å². The Labute approximate surface area is 211 Å². The molecule has 7 nitrogen and oxygen atoms in total. The van der Waals surface area contributed by atoms with Crippen LogP contribution in [0, 0.1) is 6.42 Å². The number of hydrogen-bond donors (Lipinski definition) is 5. The summed E-state index contributed by atoms with van der Waals surface area (Å²) in [5.74, 6) is -0.655. The van der Waals surface area contributed by atoms with Gasteiger partial charge in [-0.2, -0.15) is 0 Å². The first-order valence-electron chi connectivity index (χ1n) is 12.2. The summed E-state index contributed by atoms with van der Waals surface area (Å²) >= 11 is 0. The molecule has 0 saturated heterocycles. The number of nitrogens with one attached hydrogen (secondary N) is 3. The van der Waals surface area contributed by atoms with Gasteiger partial charge >= 0.3 is 0 Å². The molecule has 1 radical (unpaired) electrons. The normalized spacial score (nSPS) is 17.1. The van der Waals surface area contributed by atoms with Crippen molar-refractivity contribution in [2.45, 2.75) is 37.1 Å². The number of aliphatic hydroxyl groups excluding tert-OH is 2. The van der Waals surface area contributed by atoms with Crippen molar-refractivity contribution in [2.24, 2.45) is 0 Å². The Kier molecular flexibility index (Phi) is 8.84. The van der Waals surface area contributed by atoms with Crippen molar-refractivity contribution in [1.29, 1.82) is 0 Å². The maximum Gasteiger partial charge on any atom is 0.252 e. The molecular weight excluding hydrogens is 454 g/mol. The molecule has 0 bridgehead atoms. The molecule has 1 heterocycles. The second-order valence-corrected chi connectivity index (χ2v) is 9.02. The van der Waals surface area contributed by atoms with Gasteiger partial charge in [0.25, 0.3) is 5.91 Å². The number of carbonyl (C=O) groups excluding carboxylic acids is 2. The van der Waals surface area contributed by atoms with Crippen molar-refractivity contribution in [2.75, 3.05) is 13.1 Å². The highest BCUT2D eigenvalue weighted by atomic mass is 16.3. The number of amides is 2. The van der Waals surface area contributed by atoms with Gasteiger partial charge in [-0.25, -0.2) is 0 Å². The minimum absolute atomic E-state index is 0.182. The number of carbonyl (C=O) groups is 2. The maximum absolute atomic E-state index is 13.2. The summed E-state index contributed by atoms with van der Waals surface area (Å²) in [5.41, 5.74) is 3.19. The van der Waals surface area contributed by atoms with Gasteiger partial charge < -0.3 is 26.2 Å². The Morgan fingerprint density at radius 3 is 2.25 bits per heavy atom. The van der Waals surface area contributed by atoms with Gasteiger partial charge in [-0.3, -0.25) is 9.59 Å². The molecule has 0 aromatic heterocycles. The van der Waals surface area contributed by atoms with Crippen LogP contribution in [-0.4, -0.2) is 53.4 Å². The fourth-order valence-electron chi connectivity index (χ4n) is 4.36. The molecule has 1 aliphatic rings. The third kappa shape index (κ3) is 6.79. The summed E-state index contributed by atoms with van der Waals surface area (Å²) in [4.78, 5) is 25.4. The molecule has 3 aromatic rings. The van der Waals surface area contributed by atoms with Gasteiger partial charge in [-0.1, -0.05) is 78.9 Å². The van der Waals surface area contributed by atoms with E-state index in [1.165, 1.54) is 0 Å². The molecule has 1 aliphatic heterocycles. The molecule has 0 fully saturated rings. The number of fused-ring (bicyclic) bond motifs is 1. The van der Waals surface area contributed by atoms with E-state index >= 15 is 0 Å². The van der Waals surface area contributed by atoms with Gasteiger partial charge in [-0.15, -0.1) is 0 Å². The van der Waals surface area contributed by atoms with Crippen LogP contribution in [0.1, 0.15) is 33.1 Å². The van der Waals surface area contributed by atoms with Crippen LogP contribution in [0.25, 0.3) is 0 Å². The summed E-state index contributed by atoms with van der Waals surface area (Å²) < 4.78 is 0. The Hall–Kier alpha value is -3.52. The molecule has 187 valence electrons. The van der Waals surface area contributed by atoms with Crippen molar-refractivity contribution in [1.82, 2.24) is 16.0 Å². The van der Waals surface area contributed by atoms with E-state index in [4.69, 9.17) is 0 Å². The third-order valence-corrected chi connectivity index (χ3v) is 6.32. The summed E-state index contributed by atoms with van der Waals surface area (Å²) in [5, 5.41) is 30.0. The van der Waals surface area contributed by atoms with Crippen LogP contribution >= 0.6 is 0 Å². The molecule has 3 aromatic carbocycles. The van der Waals surface area contributed by atoms with E-state index in [0.717, 1.165) is 11.1 Å². The van der Waals surface area contributed by atoms with Crippen molar-refractivity contribution in [3.63, 3.8) is 0 Å². The zero-order chi connectivity index (χ0) is 25.3. The standard InChI is InChI=1S/C29H32N3O4/c33-22(16-15-20-9-3-1-4-10-20)18-30-19-26(34)25(17-21-11-5-2-6-12-21)31-29(36)27-23-13-7-8-14-24(23)28(35)32-27/h1-14,16,22,25-27,30,33-34H,15,17-19H2,(H,31,36)(H,32,35). The Balaban J connectivity index is 1.34. The lowest BCUT2D eigenvalue weighted by molar-refractivity contribution is -0.124. The molecule has 4 atom stereocenters. The molecule has 2 amide bonds. The molecule has 36 heavy (non-hydrogen) atoms. The Bertz CT molecular complexity index is 1140. The van der Waals surface area contributed by atoms with Crippen LogP contribution < -0.4 is 16.0 Å². The quantitative estimate of drug-likeness (QED) is 0.269. The smallest absolute Gasteiger partial charge is 0.252 e. The highest BCUT2D eigenvalue weighted by Crippen LogP contribution is 2.25. The second kappa shape index (κ2) is 12.4. The number of aliphatic hydroxyl groups is 2. The van der Waals surface area contributed by atoms with Gasteiger partial charge in [-0.05, 0) is 42.0 Å². The summed E-state index contributed by atoms with van der Waals surface area (Å²) in [6.45, 7) is 0.462. The molecule has 5 N–H and O–H groups in total. The number of rotatable bonds is 12. The monoisotopic (exact) mass is 486 g/mol. The maximum atomic E-state index is 13.2. The van der Waals surface area contributed by atoms with Gasteiger partial charge in [0, 0.05) is 18.7 Å². The van der Waals surface area contributed by atoms with Crippen LogP contribution in [0.2, 0.25) is 0 Å². The van der Waals surface area contributed by atoms with Crippen molar-refractivity contribution in [3.8, 4) is 0 Å². The van der Waals surface area contributed by atoms with Crippen LogP contribution in [0.5, 0.6) is 0 Å². The van der Waals surface area contributed by atoms with E-state index in [2.05, 4.69) is 16.0 Å². The summed E-state index contributed by atoms with van der Waals surface area (Å²) in [6, 6.07) is 25.1. The van der Waals surface area contributed by atoms with Crippen LogP contribution in [0.3, 0.4) is 0 Å². The van der Waals surface area contributed by atoms with Gasteiger partial charge in [0.2, 0.25) is 5.91 Å². The molecule has 0 saturated carbocycles. The molecule has 4 unspecified atom stereocenters. The summed E-state index contributed by atoms with van der Waals surface area (Å²) in [7, 11) is 0. The van der Waals surface area contributed by atoms with E-state index in [1.807, 2.05) is 67.1 Å². The predicted molar refractivity (Wildman–Crippen MR) is 138 cm³/mol. The Morgan fingerprint density at radius 1 is 0.889 bits per heavy atom. The fourth-order valence-corrected chi connectivity index (χ4v) is 4.36. The largest absolute Gasteiger partial charge is 0.391 e. The van der Waals surface area contributed by atoms with Crippen molar-refractivity contribution in [3.05, 3.63) is 114 Å². The zero-order valence-corrected chi connectivity index (χ0v) is 20.0. The molecule has 0 spiro atoms. The van der Waals surface area contributed by atoms with Crippen LogP contribution in [0.15, 0.2) is 84.9 Å². The van der Waals surface area contributed by atoms with Gasteiger partial charge in [0.1, 0.15) is 6.04 Å². The highest BCUT2D eigenvalue weighted by Gasteiger charge is 2.35. The second-order valence-electron chi connectivity index (χ2n) is 9.02. The minimum atomic E-state index is -0.914. The van der Waals surface area contributed by atoms with Crippen LogP contribution in [-0.2, 0) is 17.6 Å². The zero-order valence-electron chi connectivity index (χ0n) is 20.0. The number of hydrogen-bond acceptors (Lipinski definition) is 5. The molecule has 0 aliphatic carbocycles. The topological polar surface area (TPSA) is 111 Å². The minimum Gasteiger partial charge on any atom is -0.391 e. The first-order valence-corrected chi connectivity index (χ1v) is 12.2. The van der Waals surface area contributed by atoms with Crippen molar-refractivity contribution >= 4 is 11.8 Å². The average Bonchev–Trinajstić information content (AvgIpc) is 3.25. The summed E-state index contributed by atoms with van der Waals surface area (Å²) in [6.07, 6.45) is 1.29. The van der Waals surface area contributed by atoms with E-state index in [0.29, 0.717) is 24.0 Å². The van der Waals surface area contributed by atoms with Gasteiger partial charge in [0.15, 0.2) is 0 Å². The van der Waals surface area contributed by atoms with Crippen molar-refractivity contribution < 1.29 is 19.8 Å². The number of benzene rings is 3. The average molecular weight is 487 g/mol. The lowest BCUT2D eigenvalue weighted by Gasteiger charge is -2.26. The molecule has 7 heteroatoms. The SMILES string of the molecule is O=C1NC(C(=O)NC(Cc2ccccc2)C(O)CNCC(O)[CH]Cc2ccccc2)c2ccccc21. The first-order chi connectivity index (χ1) is 17.5. The molecule has 4 rings (SSSR count). The van der Waals surface area contributed by atoms with E-state index in [1.54, 1.807) is 24.3 Å². The third-order valence-electron chi connectivity index (χ3n) is 6.32. The fraction of sp³-hybridized carbons (Fsp3) is 0.276. The van der Waals surface area contributed by atoms with E-state index in [-0.39, 0.29) is 24.9 Å². The highest BCUT2D eigenvalue weighted by molar-refractivity contribution is 6.04. The lowest BCUT2D eigenvalue weighted by atomic mass is 9.99. The predicted octanol–water partition coefficient (Wildman–Crippen LogP) is 1.96. The van der Waals surface area contributed by atoms with E-state index in [9.17, 15) is 19.8 Å². The lowest BCUT2D eigenvalue weighted by Crippen LogP contribution is -2.51. The molecular formula is C29H32N3O4. The van der Waals surface area contributed by atoms with E-state index < -0.39 is 24.3 Å². The van der Waals surface area contributed by atoms with Crippen LogP contribution in [0.4, 0.5) is 0 Å².